The van der Waals surface area contributed by atoms with Gasteiger partial charge in [0.2, 0.25) is 5.91 Å². The fourth-order valence-electron chi connectivity index (χ4n) is 4.47. The van der Waals surface area contributed by atoms with E-state index in [4.69, 9.17) is 4.74 Å². The summed E-state index contributed by atoms with van der Waals surface area (Å²) in [6.07, 6.45) is 6.16. The Balaban J connectivity index is 1.33. The molecular weight excluding hydrogens is 453 g/mol. The molecule has 182 valence electrons. The molecule has 0 unspecified atom stereocenters. The highest BCUT2D eigenvalue weighted by Crippen LogP contribution is 2.27. The van der Waals surface area contributed by atoms with E-state index in [0.717, 1.165) is 11.4 Å². The Morgan fingerprint density at radius 3 is 2.59 bits per heavy atom. The number of amides is 2. The van der Waals surface area contributed by atoms with Crippen molar-refractivity contribution in [1.29, 1.82) is 0 Å². The van der Waals surface area contributed by atoms with Gasteiger partial charge < -0.3 is 20.3 Å². The third-order valence-corrected chi connectivity index (χ3v) is 7.43. The molecule has 2 amide bonds. The third kappa shape index (κ3) is 6.73. The molecule has 0 atom stereocenters. The summed E-state index contributed by atoms with van der Waals surface area (Å²) in [6.45, 7) is 3.16. The molecule has 2 N–H and O–H groups in total. The zero-order valence-corrected chi connectivity index (χ0v) is 20.2. The topological polar surface area (TPSA) is 70.7 Å². The second kappa shape index (κ2) is 12.2. The van der Waals surface area contributed by atoms with Crippen LogP contribution in [0.3, 0.4) is 0 Å². The molecule has 1 saturated carbocycles. The van der Waals surface area contributed by atoms with Gasteiger partial charge in [0, 0.05) is 30.2 Å². The van der Waals surface area contributed by atoms with E-state index in [0.29, 0.717) is 49.2 Å². The maximum atomic E-state index is 14.7. The van der Waals surface area contributed by atoms with Gasteiger partial charge in [-0.05, 0) is 49.1 Å². The first kappa shape index (κ1) is 24.5. The second-order valence-electron chi connectivity index (χ2n) is 8.81. The van der Waals surface area contributed by atoms with Gasteiger partial charge in [-0.3, -0.25) is 9.59 Å². The zero-order chi connectivity index (χ0) is 23.8. The molecule has 2 aromatic rings. The Labute approximate surface area is 204 Å². The monoisotopic (exact) mass is 485 g/mol. The molecule has 2 aromatic carbocycles. The summed E-state index contributed by atoms with van der Waals surface area (Å²) >= 11 is 1.34. The lowest BCUT2D eigenvalue weighted by Crippen LogP contribution is -2.36. The predicted octanol–water partition coefficient (Wildman–Crippen LogP) is 4.70. The van der Waals surface area contributed by atoms with Crippen LogP contribution in [0.25, 0.3) is 0 Å². The van der Waals surface area contributed by atoms with Crippen LogP contribution >= 0.6 is 11.8 Å². The van der Waals surface area contributed by atoms with E-state index in [1.807, 2.05) is 17.0 Å². The quantitative estimate of drug-likeness (QED) is 0.531. The predicted molar refractivity (Wildman–Crippen MR) is 134 cm³/mol. The molecule has 0 aromatic heterocycles. The molecule has 2 aliphatic rings. The largest absolute Gasteiger partial charge is 0.378 e. The molecule has 0 bridgehead atoms. The summed E-state index contributed by atoms with van der Waals surface area (Å²) in [7, 11) is 0. The molecule has 0 radical (unpaired) electrons. The highest BCUT2D eigenvalue weighted by Gasteiger charge is 2.18. The van der Waals surface area contributed by atoms with Crippen molar-refractivity contribution in [3.8, 4) is 0 Å². The van der Waals surface area contributed by atoms with Gasteiger partial charge in [0.15, 0.2) is 0 Å². The summed E-state index contributed by atoms with van der Waals surface area (Å²) in [5, 5.41) is 5.83. The van der Waals surface area contributed by atoms with Crippen molar-refractivity contribution < 1.29 is 18.7 Å². The highest BCUT2D eigenvalue weighted by molar-refractivity contribution is 8.00. The Kier molecular flexibility index (Phi) is 8.82. The molecular formula is C26H32FN3O3S. The number of benzene rings is 2. The minimum Gasteiger partial charge on any atom is -0.378 e. The van der Waals surface area contributed by atoms with Crippen LogP contribution in [0, 0.1) is 11.7 Å². The Hall–Kier alpha value is -2.58. The number of halogens is 1. The lowest BCUT2D eigenvalue weighted by molar-refractivity contribution is -0.118. The normalized spacial score (nSPS) is 16.8. The lowest BCUT2D eigenvalue weighted by atomic mass is 9.89. The van der Waals surface area contributed by atoms with E-state index in [9.17, 15) is 14.0 Å². The first-order valence-electron chi connectivity index (χ1n) is 12.0. The third-order valence-electron chi connectivity index (χ3n) is 6.36. The summed E-state index contributed by atoms with van der Waals surface area (Å²) < 4.78 is 20.0. The van der Waals surface area contributed by atoms with Crippen molar-refractivity contribution in [1.82, 2.24) is 5.32 Å². The Morgan fingerprint density at radius 2 is 1.82 bits per heavy atom. The van der Waals surface area contributed by atoms with Gasteiger partial charge in [0.1, 0.15) is 5.82 Å². The number of carbonyl (C=O) groups excluding carboxylic acids is 2. The van der Waals surface area contributed by atoms with Crippen molar-refractivity contribution in [2.45, 2.75) is 37.0 Å². The summed E-state index contributed by atoms with van der Waals surface area (Å²) in [4.78, 5) is 27.9. The number of hydrogen-bond acceptors (Lipinski definition) is 5. The van der Waals surface area contributed by atoms with Crippen LogP contribution in [-0.4, -0.2) is 50.4 Å². The van der Waals surface area contributed by atoms with Crippen LogP contribution < -0.4 is 15.5 Å². The SMILES string of the molecule is O=C(CSc1ccccc1C(=O)Nc1ccc(N2CCOCC2)c(F)c1)NCC1CCCCC1. The number of nitrogens with zero attached hydrogens (tertiary/aromatic N) is 1. The van der Waals surface area contributed by atoms with Gasteiger partial charge in [-0.1, -0.05) is 31.4 Å². The van der Waals surface area contributed by atoms with Gasteiger partial charge in [-0.15, -0.1) is 11.8 Å². The molecule has 34 heavy (non-hydrogen) atoms. The number of thioether (sulfide) groups is 1. The van der Waals surface area contributed by atoms with Gasteiger partial charge >= 0.3 is 0 Å². The number of carbonyl (C=O) groups is 2. The molecule has 0 spiro atoms. The maximum absolute atomic E-state index is 14.7. The minimum absolute atomic E-state index is 0.0217. The van der Waals surface area contributed by atoms with Crippen molar-refractivity contribution >= 4 is 35.0 Å². The standard InChI is InChI=1S/C26H32FN3O3S/c27-22-16-20(10-11-23(22)30-12-14-33-15-13-30)29-26(32)21-8-4-5-9-24(21)34-18-25(31)28-17-19-6-2-1-3-7-19/h4-5,8-11,16,19H,1-3,6-7,12-15,17-18H2,(H,28,31)(H,29,32). The van der Waals surface area contributed by atoms with Crippen LogP contribution in [0.15, 0.2) is 47.4 Å². The minimum atomic E-state index is -0.378. The molecule has 8 heteroatoms. The molecule has 1 heterocycles. The van der Waals surface area contributed by atoms with Crippen molar-refractivity contribution in [2.75, 3.05) is 48.8 Å². The van der Waals surface area contributed by atoms with Gasteiger partial charge in [-0.25, -0.2) is 4.39 Å². The average molecular weight is 486 g/mol. The number of nitrogens with one attached hydrogen (secondary N) is 2. The fourth-order valence-corrected chi connectivity index (χ4v) is 5.35. The van der Waals surface area contributed by atoms with Crippen molar-refractivity contribution in [3.05, 3.63) is 53.8 Å². The zero-order valence-electron chi connectivity index (χ0n) is 19.4. The molecule has 1 aliphatic heterocycles. The van der Waals surface area contributed by atoms with Crippen LogP contribution in [0.5, 0.6) is 0 Å². The number of rotatable bonds is 8. The average Bonchev–Trinajstić information content (AvgIpc) is 2.87. The molecule has 1 saturated heterocycles. The van der Waals surface area contributed by atoms with E-state index >= 15 is 0 Å². The van der Waals surface area contributed by atoms with Gasteiger partial charge in [-0.2, -0.15) is 0 Å². The van der Waals surface area contributed by atoms with Crippen molar-refractivity contribution in [3.63, 3.8) is 0 Å². The van der Waals surface area contributed by atoms with Gasteiger partial charge in [0.05, 0.1) is 30.2 Å². The van der Waals surface area contributed by atoms with Crippen LogP contribution in [0.2, 0.25) is 0 Å². The van der Waals surface area contributed by atoms with Gasteiger partial charge in [0.25, 0.3) is 5.91 Å². The summed E-state index contributed by atoms with van der Waals surface area (Å²) in [5.41, 5.74) is 1.37. The molecule has 1 aliphatic carbocycles. The van der Waals surface area contributed by atoms with E-state index < -0.39 is 0 Å². The number of ether oxygens (including phenoxy) is 1. The number of anilines is 2. The van der Waals surface area contributed by atoms with Crippen LogP contribution in [0.1, 0.15) is 42.5 Å². The summed E-state index contributed by atoms with van der Waals surface area (Å²) in [5.74, 6) is 0.100. The van der Waals surface area contributed by atoms with E-state index in [2.05, 4.69) is 10.6 Å². The summed E-state index contributed by atoms with van der Waals surface area (Å²) in [6, 6.07) is 11.9. The highest BCUT2D eigenvalue weighted by atomic mass is 32.2. The van der Waals surface area contributed by atoms with E-state index in [1.54, 1.807) is 24.3 Å². The van der Waals surface area contributed by atoms with Crippen LogP contribution in [0.4, 0.5) is 15.8 Å². The molecule has 2 fully saturated rings. The maximum Gasteiger partial charge on any atom is 0.256 e. The Morgan fingerprint density at radius 1 is 1.06 bits per heavy atom. The molecule has 6 nitrogen and oxygen atoms in total. The molecule has 4 rings (SSSR count). The van der Waals surface area contributed by atoms with E-state index in [1.165, 1.54) is 49.9 Å². The number of hydrogen-bond donors (Lipinski definition) is 2. The second-order valence-corrected chi connectivity index (χ2v) is 9.83. The Bertz CT molecular complexity index is 991. The first-order chi connectivity index (χ1) is 16.6. The number of morpholine rings is 1. The fraction of sp³-hybridized carbons (Fsp3) is 0.462. The smallest absolute Gasteiger partial charge is 0.256 e. The first-order valence-corrected chi connectivity index (χ1v) is 13.0. The van der Waals surface area contributed by atoms with Crippen LogP contribution in [-0.2, 0) is 9.53 Å². The van der Waals surface area contributed by atoms with E-state index in [-0.39, 0.29) is 23.4 Å². The lowest BCUT2D eigenvalue weighted by Gasteiger charge is -2.29. The van der Waals surface area contributed by atoms with Crippen molar-refractivity contribution in [2.24, 2.45) is 5.92 Å².